The molecule has 0 saturated carbocycles. The summed E-state index contributed by atoms with van der Waals surface area (Å²) >= 11 is 0. The van der Waals surface area contributed by atoms with Gasteiger partial charge in [0.05, 0.1) is 12.2 Å². The van der Waals surface area contributed by atoms with Gasteiger partial charge >= 0.3 is 0 Å². The van der Waals surface area contributed by atoms with Crippen LogP contribution in [0.5, 0.6) is 0 Å². The maximum atomic E-state index is 12.1. The molecule has 2 aliphatic heterocycles. The van der Waals surface area contributed by atoms with Gasteiger partial charge in [-0.25, -0.2) is 0 Å². The van der Waals surface area contributed by atoms with Crippen molar-refractivity contribution in [3.63, 3.8) is 0 Å². The van der Waals surface area contributed by atoms with Gasteiger partial charge in [0, 0.05) is 19.3 Å². The number of nitrogen functional groups attached to an aromatic ring is 1. The zero-order valence-corrected chi connectivity index (χ0v) is 9.58. The molecule has 2 saturated heterocycles. The molecule has 2 aliphatic rings. The molecule has 0 spiro atoms. The van der Waals surface area contributed by atoms with E-state index in [4.69, 9.17) is 10.5 Å². The van der Waals surface area contributed by atoms with Crippen molar-refractivity contribution < 1.29 is 9.53 Å². The summed E-state index contributed by atoms with van der Waals surface area (Å²) in [6, 6.07) is 1.69. The van der Waals surface area contributed by atoms with Crippen molar-refractivity contribution in [1.29, 1.82) is 0 Å². The number of amides is 1. The van der Waals surface area contributed by atoms with E-state index in [9.17, 15) is 4.79 Å². The van der Waals surface area contributed by atoms with E-state index in [2.05, 4.69) is 5.10 Å². The summed E-state index contributed by atoms with van der Waals surface area (Å²) in [5, 5.41) is 4.01. The second-order valence-electron chi connectivity index (χ2n) is 4.69. The van der Waals surface area contributed by atoms with Crippen molar-refractivity contribution in [3.8, 4) is 0 Å². The Hall–Kier alpha value is -1.56. The smallest absolute Gasteiger partial charge is 0.244 e. The van der Waals surface area contributed by atoms with Crippen LogP contribution >= 0.6 is 0 Å². The highest BCUT2D eigenvalue weighted by molar-refractivity contribution is 5.76. The molecule has 3 heterocycles. The zero-order chi connectivity index (χ0) is 11.8. The lowest BCUT2D eigenvalue weighted by Crippen LogP contribution is -2.47. The minimum absolute atomic E-state index is 0.0910. The first-order valence-corrected chi connectivity index (χ1v) is 5.93. The average Bonchev–Trinajstić information content (AvgIpc) is 2.85. The second kappa shape index (κ2) is 4.03. The van der Waals surface area contributed by atoms with Crippen molar-refractivity contribution >= 4 is 11.7 Å². The second-order valence-corrected chi connectivity index (χ2v) is 4.69. The number of nitrogens with two attached hydrogens (primary N) is 1. The third-order valence-corrected chi connectivity index (χ3v) is 3.35. The van der Waals surface area contributed by atoms with Crippen LogP contribution < -0.4 is 5.73 Å². The van der Waals surface area contributed by atoms with Gasteiger partial charge in [-0.15, -0.1) is 0 Å². The van der Waals surface area contributed by atoms with Crippen LogP contribution in [0.25, 0.3) is 0 Å². The largest absolute Gasteiger partial charge is 0.382 e. The summed E-state index contributed by atoms with van der Waals surface area (Å²) < 4.78 is 7.27. The molecule has 6 heteroatoms. The fourth-order valence-corrected chi connectivity index (χ4v) is 2.52. The number of rotatable bonds is 2. The Bertz CT molecular complexity index is 419. The van der Waals surface area contributed by atoms with Crippen molar-refractivity contribution in [2.75, 3.05) is 18.8 Å². The molecule has 2 unspecified atom stereocenters. The fourth-order valence-electron chi connectivity index (χ4n) is 2.52. The standard InChI is InChI=1S/C11H16N4O2/c12-10-3-4-15(13-10)7-11(16)14-5-8-1-2-9(6-14)17-8/h3-4,8-9H,1-2,5-7H2,(H2,12,13). The van der Waals surface area contributed by atoms with Crippen molar-refractivity contribution in [1.82, 2.24) is 14.7 Å². The SMILES string of the molecule is Nc1ccn(CC(=O)N2CC3CCC(C2)O3)n1. The van der Waals surface area contributed by atoms with Gasteiger partial charge in [-0.05, 0) is 18.9 Å². The number of hydrogen-bond acceptors (Lipinski definition) is 4. The molecule has 92 valence electrons. The van der Waals surface area contributed by atoms with E-state index < -0.39 is 0 Å². The van der Waals surface area contributed by atoms with E-state index in [0.29, 0.717) is 18.9 Å². The van der Waals surface area contributed by atoms with E-state index in [0.717, 1.165) is 12.8 Å². The molecule has 1 aromatic rings. The monoisotopic (exact) mass is 236 g/mol. The number of fused-ring (bicyclic) bond motifs is 2. The molecule has 2 atom stereocenters. The highest BCUT2D eigenvalue weighted by atomic mass is 16.5. The third kappa shape index (κ3) is 2.12. The van der Waals surface area contributed by atoms with E-state index in [-0.39, 0.29) is 24.7 Å². The quantitative estimate of drug-likeness (QED) is 0.775. The zero-order valence-electron chi connectivity index (χ0n) is 9.58. The van der Waals surface area contributed by atoms with E-state index in [1.54, 1.807) is 16.9 Å². The number of ether oxygens (including phenoxy) is 1. The highest BCUT2D eigenvalue weighted by Gasteiger charge is 2.35. The summed E-state index contributed by atoms with van der Waals surface area (Å²) in [6.45, 7) is 1.69. The Morgan fingerprint density at radius 1 is 1.47 bits per heavy atom. The molecular formula is C11H16N4O2. The first-order chi connectivity index (χ1) is 8.20. The van der Waals surface area contributed by atoms with Crippen molar-refractivity contribution in [2.24, 2.45) is 0 Å². The number of carbonyl (C=O) groups excluding carboxylic acids is 1. The molecule has 6 nitrogen and oxygen atoms in total. The van der Waals surface area contributed by atoms with Crippen molar-refractivity contribution in [3.05, 3.63) is 12.3 Å². The van der Waals surface area contributed by atoms with Crippen LogP contribution in [0.4, 0.5) is 5.82 Å². The number of carbonyl (C=O) groups is 1. The maximum Gasteiger partial charge on any atom is 0.244 e. The molecule has 1 amide bonds. The predicted molar refractivity (Wildman–Crippen MR) is 61.1 cm³/mol. The van der Waals surface area contributed by atoms with Crippen LogP contribution in [0.1, 0.15) is 12.8 Å². The topological polar surface area (TPSA) is 73.4 Å². The summed E-state index contributed by atoms with van der Waals surface area (Å²) in [5.41, 5.74) is 5.51. The van der Waals surface area contributed by atoms with Crippen molar-refractivity contribution in [2.45, 2.75) is 31.6 Å². The van der Waals surface area contributed by atoms with Crippen LogP contribution in [0.2, 0.25) is 0 Å². The first kappa shape index (κ1) is 10.6. The van der Waals surface area contributed by atoms with E-state index in [1.807, 2.05) is 4.90 Å². The summed E-state index contributed by atoms with van der Waals surface area (Å²) in [6.07, 6.45) is 4.34. The Kier molecular flexibility index (Phi) is 2.51. The molecule has 2 fully saturated rings. The predicted octanol–water partition coefficient (Wildman–Crippen LogP) is -0.145. The molecule has 3 rings (SSSR count). The number of hydrogen-bond donors (Lipinski definition) is 1. The number of nitrogens with zero attached hydrogens (tertiary/aromatic N) is 3. The number of likely N-dealkylation sites (tertiary alicyclic amines) is 1. The third-order valence-electron chi connectivity index (χ3n) is 3.35. The number of anilines is 1. The Morgan fingerprint density at radius 3 is 2.76 bits per heavy atom. The highest BCUT2D eigenvalue weighted by Crippen LogP contribution is 2.26. The summed E-state index contributed by atoms with van der Waals surface area (Å²) in [7, 11) is 0. The molecule has 1 aromatic heterocycles. The van der Waals surface area contributed by atoms with Crippen LogP contribution in [-0.2, 0) is 16.1 Å². The molecular weight excluding hydrogens is 220 g/mol. The number of aromatic nitrogens is 2. The molecule has 0 radical (unpaired) electrons. The maximum absolute atomic E-state index is 12.1. The van der Waals surface area contributed by atoms with Crippen LogP contribution in [0.3, 0.4) is 0 Å². The normalized spacial score (nSPS) is 27.4. The lowest BCUT2D eigenvalue weighted by Gasteiger charge is -2.32. The summed E-state index contributed by atoms with van der Waals surface area (Å²) in [5.74, 6) is 0.535. The van der Waals surface area contributed by atoms with Gasteiger partial charge in [0.2, 0.25) is 5.91 Å². The van der Waals surface area contributed by atoms with Gasteiger partial charge < -0.3 is 15.4 Å². The Morgan fingerprint density at radius 2 is 2.18 bits per heavy atom. The van der Waals surface area contributed by atoms with Gasteiger partial charge in [0.15, 0.2) is 0 Å². The van der Waals surface area contributed by atoms with Gasteiger partial charge in [-0.1, -0.05) is 0 Å². The average molecular weight is 236 g/mol. The molecule has 2 N–H and O–H groups in total. The van der Waals surface area contributed by atoms with Crippen LogP contribution in [0, 0.1) is 0 Å². The lowest BCUT2D eigenvalue weighted by atomic mass is 10.2. The van der Waals surface area contributed by atoms with Gasteiger partial charge in [-0.3, -0.25) is 9.48 Å². The first-order valence-electron chi connectivity index (χ1n) is 5.93. The molecule has 2 bridgehead atoms. The Balaban J connectivity index is 1.63. The molecule has 17 heavy (non-hydrogen) atoms. The van der Waals surface area contributed by atoms with E-state index >= 15 is 0 Å². The molecule has 0 aromatic carbocycles. The van der Waals surface area contributed by atoms with Crippen LogP contribution in [0.15, 0.2) is 12.3 Å². The molecule has 0 aliphatic carbocycles. The lowest BCUT2D eigenvalue weighted by molar-refractivity contribution is -0.140. The van der Waals surface area contributed by atoms with Gasteiger partial charge in [0.25, 0.3) is 0 Å². The van der Waals surface area contributed by atoms with Gasteiger partial charge in [-0.2, -0.15) is 5.10 Å². The minimum atomic E-state index is 0.0910. The van der Waals surface area contributed by atoms with E-state index in [1.165, 1.54) is 0 Å². The minimum Gasteiger partial charge on any atom is -0.382 e. The summed E-state index contributed by atoms with van der Waals surface area (Å²) in [4.78, 5) is 13.9. The Labute approximate surface area is 99.3 Å². The van der Waals surface area contributed by atoms with Crippen LogP contribution in [-0.4, -0.2) is 45.9 Å². The van der Waals surface area contributed by atoms with Gasteiger partial charge in [0.1, 0.15) is 12.4 Å². The number of morpholine rings is 1. The fraction of sp³-hybridized carbons (Fsp3) is 0.636.